The molecule has 1 atom stereocenters. The topological polar surface area (TPSA) is 72.7 Å². The molecule has 1 heterocycles. The Hall–Kier alpha value is -2.73. The van der Waals surface area contributed by atoms with E-state index in [0.717, 1.165) is 11.1 Å². The number of amides is 1. The highest BCUT2D eigenvalue weighted by atomic mass is 35.5. The lowest BCUT2D eigenvalue weighted by Gasteiger charge is -2.15. The van der Waals surface area contributed by atoms with Crippen LogP contribution in [0.25, 0.3) is 11.4 Å². The summed E-state index contributed by atoms with van der Waals surface area (Å²) in [4.78, 5) is 13.4. The molecular weight excluding hydrogens is 326 g/mol. The van der Waals surface area contributed by atoms with E-state index in [1.165, 1.54) is 4.80 Å². The van der Waals surface area contributed by atoms with Gasteiger partial charge in [-0.05, 0) is 23.8 Å². The molecule has 0 fully saturated rings. The SMILES string of the molecule is C[C@@H](NC(=O)Cn1nnc(-c2ccccc2)n1)c1ccccc1Cl. The molecule has 2 aromatic carbocycles. The molecule has 0 aliphatic rings. The summed E-state index contributed by atoms with van der Waals surface area (Å²) in [5.74, 6) is 0.280. The fourth-order valence-electron chi connectivity index (χ4n) is 2.33. The molecule has 0 saturated heterocycles. The molecule has 7 heteroatoms. The normalized spacial score (nSPS) is 11.9. The van der Waals surface area contributed by atoms with Gasteiger partial charge in [0.2, 0.25) is 11.7 Å². The van der Waals surface area contributed by atoms with Crippen molar-refractivity contribution in [3.63, 3.8) is 0 Å². The number of nitrogens with zero attached hydrogens (tertiary/aromatic N) is 4. The van der Waals surface area contributed by atoms with Crippen LogP contribution in [-0.2, 0) is 11.3 Å². The summed E-state index contributed by atoms with van der Waals surface area (Å²) in [6.45, 7) is 1.87. The fourth-order valence-corrected chi connectivity index (χ4v) is 2.63. The van der Waals surface area contributed by atoms with Gasteiger partial charge in [-0.1, -0.05) is 60.1 Å². The van der Waals surface area contributed by atoms with E-state index in [-0.39, 0.29) is 18.5 Å². The van der Waals surface area contributed by atoms with Crippen molar-refractivity contribution in [2.24, 2.45) is 0 Å². The highest BCUT2D eigenvalue weighted by Crippen LogP contribution is 2.22. The van der Waals surface area contributed by atoms with Gasteiger partial charge in [-0.15, -0.1) is 10.2 Å². The Morgan fingerprint density at radius 3 is 2.62 bits per heavy atom. The lowest BCUT2D eigenvalue weighted by atomic mass is 10.1. The molecule has 3 rings (SSSR count). The van der Waals surface area contributed by atoms with E-state index in [9.17, 15) is 4.79 Å². The average Bonchev–Trinajstić information content (AvgIpc) is 3.04. The van der Waals surface area contributed by atoms with Crippen molar-refractivity contribution in [3.8, 4) is 11.4 Å². The lowest BCUT2D eigenvalue weighted by molar-refractivity contribution is -0.122. The maximum Gasteiger partial charge on any atom is 0.244 e. The molecule has 3 aromatic rings. The highest BCUT2D eigenvalue weighted by molar-refractivity contribution is 6.31. The predicted octanol–water partition coefficient (Wildman–Crippen LogP) is 2.87. The second-order valence-corrected chi connectivity index (χ2v) is 5.73. The summed E-state index contributed by atoms with van der Waals surface area (Å²) in [7, 11) is 0. The maximum atomic E-state index is 12.2. The van der Waals surface area contributed by atoms with Gasteiger partial charge in [0.25, 0.3) is 0 Å². The van der Waals surface area contributed by atoms with Crippen molar-refractivity contribution in [1.82, 2.24) is 25.5 Å². The van der Waals surface area contributed by atoms with E-state index in [1.54, 1.807) is 6.07 Å². The molecule has 1 amide bonds. The first kappa shape index (κ1) is 16.1. The van der Waals surface area contributed by atoms with Gasteiger partial charge in [0, 0.05) is 10.6 Å². The average molecular weight is 342 g/mol. The number of tetrazole rings is 1. The van der Waals surface area contributed by atoms with Crippen LogP contribution in [0.2, 0.25) is 5.02 Å². The van der Waals surface area contributed by atoms with Gasteiger partial charge in [-0.25, -0.2) is 0 Å². The van der Waals surface area contributed by atoms with E-state index >= 15 is 0 Å². The maximum absolute atomic E-state index is 12.2. The first-order valence-electron chi connectivity index (χ1n) is 7.50. The van der Waals surface area contributed by atoms with Crippen LogP contribution in [0.3, 0.4) is 0 Å². The zero-order chi connectivity index (χ0) is 16.9. The molecule has 0 aliphatic carbocycles. The number of nitrogens with one attached hydrogen (secondary N) is 1. The minimum atomic E-state index is -0.209. The lowest BCUT2D eigenvalue weighted by Crippen LogP contribution is -2.31. The van der Waals surface area contributed by atoms with E-state index < -0.39 is 0 Å². The molecule has 6 nitrogen and oxygen atoms in total. The van der Waals surface area contributed by atoms with E-state index in [2.05, 4.69) is 20.7 Å². The molecule has 0 bridgehead atoms. The minimum Gasteiger partial charge on any atom is -0.348 e. The van der Waals surface area contributed by atoms with Crippen molar-refractivity contribution in [2.45, 2.75) is 19.5 Å². The Labute approximate surface area is 144 Å². The Bertz CT molecular complexity index is 834. The summed E-state index contributed by atoms with van der Waals surface area (Å²) < 4.78 is 0. The molecule has 0 aliphatic heterocycles. The van der Waals surface area contributed by atoms with Gasteiger partial charge in [0.1, 0.15) is 6.54 Å². The standard InChI is InChI=1S/C17H16ClN5O/c1-12(14-9-5-6-10-15(14)18)19-16(24)11-23-21-17(20-22-23)13-7-3-2-4-8-13/h2-10,12H,11H2,1H3,(H,19,24)/t12-/m1/s1. The van der Waals surface area contributed by atoms with E-state index in [1.807, 2.05) is 55.5 Å². The zero-order valence-corrected chi connectivity index (χ0v) is 13.8. The number of rotatable bonds is 5. The Kier molecular flexibility index (Phi) is 4.86. The van der Waals surface area contributed by atoms with Crippen LogP contribution < -0.4 is 5.32 Å². The fraction of sp³-hybridized carbons (Fsp3) is 0.176. The number of carbonyl (C=O) groups is 1. The smallest absolute Gasteiger partial charge is 0.244 e. The van der Waals surface area contributed by atoms with Gasteiger partial charge in [-0.2, -0.15) is 4.80 Å². The van der Waals surface area contributed by atoms with E-state index in [0.29, 0.717) is 10.8 Å². The highest BCUT2D eigenvalue weighted by Gasteiger charge is 2.14. The predicted molar refractivity (Wildman–Crippen MR) is 91.3 cm³/mol. The molecule has 122 valence electrons. The van der Waals surface area contributed by atoms with Crippen LogP contribution in [0.4, 0.5) is 0 Å². The number of aromatic nitrogens is 4. The van der Waals surface area contributed by atoms with Crippen molar-refractivity contribution in [1.29, 1.82) is 0 Å². The third-order valence-electron chi connectivity index (χ3n) is 3.52. The molecule has 0 saturated carbocycles. The van der Waals surface area contributed by atoms with Crippen LogP contribution in [0.5, 0.6) is 0 Å². The number of benzene rings is 2. The van der Waals surface area contributed by atoms with Gasteiger partial charge in [0.05, 0.1) is 6.04 Å². The molecule has 24 heavy (non-hydrogen) atoms. The van der Waals surface area contributed by atoms with Crippen molar-refractivity contribution in [3.05, 3.63) is 65.2 Å². The zero-order valence-electron chi connectivity index (χ0n) is 13.1. The minimum absolute atomic E-state index is 0.00533. The van der Waals surface area contributed by atoms with Crippen LogP contribution >= 0.6 is 11.6 Å². The molecular formula is C17H16ClN5O. The Morgan fingerprint density at radius 1 is 1.17 bits per heavy atom. The van der Waals surface area contributed by atoms with Gasteiger partial charge < -0.3 is 5.32 Å². The number of hydrogen-bond donors (Lipinski definition) is 1. The summed E-state index contributed by atoms with van der Waals surface area (Å²) >= 11 is 6.14. The molecule has 0 radical (unpaired) electrons. The summed E-state index contributed by atoms with van der Waals surface area (Å²) in [5, 5.41) is 15.6. The number of hydrogen-bond acceptors (Lipinski definition) is 4. The van der Waals surface area contributed by atoms with Crippen LogP contribution in [0.15, 0.2) is 54.6 Å². The largest absolute Gasteiger partial charge is 0.348 e. The molecule has 1 N–H and O–H groups in total. The van der Waals surface area contributed by atoms with Crippen LogP contribution in [0, 0.1) is 0 Å². The van der Waals surface area contributed by atoms with Crippen molar-refractivity contribution < 1.29 is 4.79 Å². The van der Waals surface area contributed by atoms with Crippen LogP contribution in [0.1, 0.15) is 18.5 Å². The Morgan fingerprint density at radius 2 is 1.88 bits per heavy atom. The van der Waals surface area contributed by atoms with Gasteiger partial charge in [0.15, 0.2) is 0 Å². The van der Waals surface area contributed by atoms with E-state index in [4.69, 9.17) is 11.6 Å². The monoisotopic (exact) mass is 341 g/mol. The number of halogens is 1. The third-order valence-corrected chi connectivity index (χ3v) is 3.86. The second-order valence-electron chi connectivity index (χ2n) is 5.32. The summed E-state index contributed by atoms with van der Waals surface area (Å²) in [5.41, 5.74) is 1.72. The Balaban J connectivity index is 1.63. The van der Waals surface area contributed by atoms with Crippen LogP contribution in [-0.4, -0.2) is 26.1 Å². The quantitative estimate of drug-likeness (QED) is 0.774. The van der Waals surface area contributed by atoms with Gasteiger partial charge >= 0.3 is 0 Å². The number of carbonyl (C=O) groups excluding carboxylic acids is 1. The van der Waals surface area contributed by atoms with Gasteiger partial charge in [-0.3, -0.25) is 4.79 Å². The molecule has 1 aromatic heterocycles. The molecule has 0 unspecified atom stereocenters. The second kappa shape index (κ2) is 7.23. The van der Waals surface area contributed by atoms with Crippen molar-refractivity contribution in [2.75, 3.05) is 0 Å². The summed E-state index contributed by atoms with van der Waals surface area (Å²) in [6, 6.07) is 16.7. The third kappa shape index (κ3) is 3.78. The van der Waals surface area contributed by atoms with Crippen molar-refractivity contribution >= 4 is 17.5 Å². The first-order chi connectivity index (χ1) is 11.6. The first-order valence-corrected chi connectivity index (χ1v) is 7.88. The summed E-state index contributed by atoms with van der Waals surface area (Å²) in [6.07, 6.45) is 0. The molecule has 0 spiro atoms.